The number of piperidine rings is 1. The molecule has 2 aromatic rings. The molecule has 1 heterocycles. The molecule has 2 N–H and O–H groups in total. The summed E-state index contributed by atoms with van der Waals surface area (Å²) in [5.74, 6) is 0.546. The van der Waals surface area contributed by atoms with Crippen molar-refractivity contribution in [1.82, 2.24) is 10.6 Å². The molecule has 0 atom stereocenters. The molecule has 0 radical (unpaired) electrons. The summed E-state index contributed by atoms with van der Waals surface area (Å²) in [6.45, 7) is 8.73. The van der Waals surface area contributed by atoms with Gasteiger partial charge in [0.25, 0.3) is 5.91 Å². The van der Waals surface area contributed by atoms with Crippen LogP contribution in [0.25, 0.3) is 0 Å². The third-order valence-electron chi connectivity index (χ3n) is 8.52. The van der Waals surface area contributed by atoms with Crippen LogP contribution in [0.4, 0.5) is 5.69 Å². The molecule has 1 aliphatic heterocycles. The van der Waals surface area contributed by atoms with Crippen LogP contribution in [0, 0.1) is 11.3 Å². The zero-order chi connectivity index (χ0) is 32.2. The summed E-state index contributed by atoms with van der Waals surface area (Å²) in [6.07, 6.45) is 10.4. The van der Waals surface area contributed by atoms with E-state index < -0.39 is 5.60 Å². The molecule has 4 rings (SSSR count). The molecule has 45 heavy (non-hydrogen) atoms. The Labute approximate surface area is 273 Å². The number of carbonyl (C=O) groups excluding carboxylic acids is 2. The number of nitrogens with one attached hydrogen (secondary N) is 2. The Hall–Kier alpha value is -3.28. The number of anilines is 1. The number of ether oxygens (including phenoxy) is 2. The molecule has 244 valence electrons. The number of esters is 1. The van der Waals surface area contributed by atoms with Crippen LogP contribution < -0.4 is 20.3 Å². The molecule has 2 fully saturated rings. The van der Waals surface area contributed by atoms with Crippen molar-refractivity contribution < 1.29 is 19.1 Å². The number of nitrogens with zero attached hydrogens (tertiary/aromatic N) is 2. The van der Waals surface area contributed by atoms with Gasteiger partial charge in [-0.05, 0) is 115 Å². The molecule has 0 unspecified atom stereocenters. The first-order chi connectivity index (χ1) is 21.6. The minimum absolute atomic E-state index is 0.0301. The zero-order valence-corrected chi connectivity index (χ0v) is 27.8. The molecule has 1 saturated carbocycles. The lowest BCUT2D eigenvalue weighted by Gasteiger charge is -2.34. The quantitative estimate of drug-likeness (QED) is 0.177. The number of hydrogen-bond acceptors (Lipinski definition) is 7. The minimum Gasteiger partial charge on any atom is -0.490 e. The van der Waals surface area contributed by atoms with Crippen LogP contribution in [-0.2, 0) is 9.53 Å². The first-order valence-electron chi connectivity index (χ1n) is 16.6. The molecule has 0 spiro atoms. The Bertz CT molecular complexity index is 1290. The number of carbonyl (C=O) groups is 2. The van der Waals surface area contributed by atoms with Crippen LogP contribution in [0.15, 0.2) is 42.5 Å². The van der Waals surface area contributed by atoms with Gasteiger partial charge in [0.2, 0.25) is 0 Å². The summed E-state index contributed by atoms with van der Waals surface area (Å²) < 4.78 is 11.4. The highest BCUT2D eigenvalue weighted by Gasteiger charge is 2.25. The van der Waals surface area contributed by atoms with Gasteiger partial charge in [0.05, 0.1) is 16.7 Å². The topological polar surface area (TPSA) is 104 Å². The molecule has 0 bridgehead atoms. The van der Waals surface area contributed by atoms with Gasteiger partial charge in [-0.2, -0.15) is 5.26 Å². The molecule has 2 aromatic carbocycles. The van der Waals surface area contributed by atoms with E-state index in [1.165, 1.54) is 0 Å². The number of benzene rings is 2. The second-order valence-corrected chi connectivity index (χ2v) is 13.7. The Kier molecular flexibility index (Phi) is 13.0. The molecule has 2 aliphatic rings. The lowest BCUT2D eigenvalue weighted by Crippen LogP contribution is -2.42. The Morgan fingerprint density at radius 3 is 2.27 bits per heavy atom. The van der Waals surface area contributed by atoms with E-state index in [9.17, 15) is 9.59 Å². The highest BCUT2D eigenvalue weighted by molar-refractivity contribution is 6.31. The van der Waals surface area contributed by atoms with Gasteiger partial charge in [0.1, 0.15) is 17.4 Å². The fraction of sp³-hybridized carbons (Fsp3) is 0.583. The van der Waals surface area contributed by atoms with E-state index in [1.54, 1.807) is 18.2 Å². The fourth-order valence-corrected chi connectivity index (χ4v) is 6.27. The van der Waals surface area contributed by atoms with Gasteiger partial charge in [-0.25, -0.2) is 0 Å². The molecule has 1 aliphatic carbocycles. The van der Waals surface area contributed by atoms with Crippen molar-refractivity contribution in [2.24, 2.45) is 0 Å². The minimum atomic E-state index is -0.402. The second-order valence-electron chi connectivity index (χ2n) is 13.3. The maximum atomic E-state index is 13.0. The van der Waals surface area contributed by atoms with Crippen molar-refractivity contribution in [2.75, 3.05) is 24.5 Å². The van der Waals surface area contributed by atoms with Crippen molar-refractivity contribution in [3.05, 3.63) is 58.6 Å². The lowest BCUT2D eigenvalue weighted by atomic mass is 9.92. The van der Waals surface area contributed by atoms with E-state index in [1.807, 2.05) is 32.9 Å². The van der Waals surface area contributed by atoms with E-state index in [0.717, 1.165) is 89.5 Å². The predicted octanol–water partition coefficient (Wildman–Crippen LogP) is 7.18. The highest BCUT2D eigenvalue weighted by Crippen LogP contribution is 2.28. The van der Waals surface area contributed by atoms with Crippen LogP contribution >= 0.6 is 11.6 Å². The van der Waals surface area contributed by atoms with Crippen LogP contribution in [0.5, 0.6) is 5.75 Å². The number of halogens is 1. The summed E-state index contributed by atoms with van der Waals surface area (Å²) in [5, 5.41) is 16.4. The van der Waals surface area contributed by atoms with Crippen LogP contribution in [-0.4, -0.2) is 55.3 Å². The summed E-state index contributed by atoms with van der Waals surface area (Å²) in [6, 6.07) is 15.9. The van der Waals surface area contributed by atoms with Gasteiger partial charge in [0.15, 0.2) is 0 Å². The SMILES string of the molecule is CC(C)(C)OC(=O)CCCCCCNC1CCN(c2ccc(C(=O)N[C@H]3CC[C@H](Oc4ccc(C#N)c(Cl)c4)CC3)cc2)CC1. The van der Waals surface area contributed by atoms with E-state index in [0.29, 0.717) is 34.4 Å². The summed E-state index contributed by atoms with van der Waals surface area (Å²) in [4.78, 5) is 27.2. The van der Waals surface area contributed by atoms with Crippen molar-refractivity contribution in [3.8, 4) is 11.8 Å². The van der Waals surface area contributed by atoms with Crippen LogP contribution in [0.2, 0.25) is 5.02 Å². The van der Waals surface area contributed by atoms with Crippen molar-refractivity contribution in [3.63, 3.8) is 0 Å². The van der Waals surface area contributed by atoms with Crippen LogP contribution in [0.3, 0.4) is 0 Å². The summed E-state index contributed by atoms with van der Waals surface area (Å²) in [5.41, 5.74) is 1.89. The normalized spacial score (nSPS) is 19.0. The van der Waals surface area contributed by atoms with Crippen molar-refractivity contribution in [1.29, 1.82) is 5.26 Å². The van der Waals surface area contributed by atoms with Gasteiger partial charge in [-0.15, -0.1) is 0 Å². The number of nitriles is 1. The molecule has 1 amide bonds. The van der Waals surface area contributed by atoms with E-state index >= 15 is 0 Å². The Morgan fingerprint density at radius 2 is 1.62 bits per heavy atom. The average Bonchev–Trinajstić information content (AvgIpc) is 3.01. The molecule has 8 nitrogen and oxygen atoms in total. The van der Waals surface area contributed by atoms with Crippen molar-refractivity contribution >= 4 is 29.2 Å². The van der Waals surface area contributed by atoms with Gasteiger partial charge in [-0.1, -0.05) is 24.4 Å². The summed E-state index contributed by atoms with van der Waals surface area (Å²) in [7, 11) is 0. The van der Waals surface area contributed by atoms with E-state index in [4.69, 9.17) is 26.3 Å². The molecule has 9 heteroatoms. The van der Waals surface area contributed by atoms with E-state index in [2.05, 4.69) is 33.7 Å². The third kappa shape index (κ3) is 11.5. The zero-order valence-electron chi connectivity index (χ0n) is 27.1. The highest BCUT2D eigenvalue weighted by atomic mass is 35.5. The number of rotatable bonds is 13. The standard InChI is InChI=1S/C36H49ClN4O4/c1-36(2,3)45-34(42)8-6-4-5-7-21-39-28-19-22-41(23-20-28)30-14-9-26(10-15-30)35(43)40-29-12-17-31(18-13-29)44-32-16-11-27(25-38)33(37)24-32/h9-11,14-16,24,28-29,31,39H,4-8,12-13,17-23H2,1-3H3,(H,40,43)/t29-,31-. The van der Waals surface area contributed by atoms with Gasteiger partial charge < -0.3 is 25.0 Å². The van der Waals surface area contributed by atoms with Gasteiger partial charge in [0, 0.05) is 48.9 Å². The molecular weight excluding hydrogens is 588 g/mol. The third-order valence-corrected chi connectivity index (χ3v) is 8.84. The monoisotopic (exact) mass is 636 g/mol. The van der Waals surface area contributed by atoms with E-state index in [-0.39, 0.29) is 24.0 Å². The first-order valence-corrected chi connectivity index (χ1v) is 16.9. The average molecular weight is 637 g/mol. The fourth-order valence-electron chi connectivity index (χ4n) is 6.06. The maximum absolute atomic E-state index is 13.0. The summed E-state index contributed by atoms with van der Waals surface area (Å²) >= 11 is 6.13. The Morgan fingerprint density at radius 1 is 0.933 bits per heavy atom. The lowest BCUT2D eigenvalue weighted by molar-refractivity contribution is -0.154. The molecule has 0 aromatic heterocycles. The van der Waals surface area contributed by atoms with Crippen molar-refractivity contribution in [2.45, 2.75) is 115 Å². The number of amides is 1. The van der Waals surface area contributed by atoms with Crippen LogP contribution in [0.1, 0.15) is 107 Å². The smallest absolute Gasteiger partial charge is 0.306 e. The number of unbranched alkanes of at least 4 members (excludes halogenated alkanes) is 3. The predicted molar refractivity (Wildman–Crippen MR) is 179 cm³/mol. The van der Waals surface area contributed by atoms with Gasteiger partial charge >= 0.3 is 5.97 Å². The largest absolute Gasteiger partial charge is 0.490 e. The molecular formula is C36H49ClN4O4. The molecule has 1 saturated heterocycles. The first kappa shape index (κ1) is 34.6. The second kappa shape index (κ2) is 16.9. The van der Waals surface area contributed by atoms with Gasteiger partial charge in [-0.3, -0.25) is 9.59 Å². The maximum Gasteiger partial charge on any atom is 0.306 e. The number of hydrogen-bond donors (Lipinski definition) is 2. The Balaban J connectivity index is 1.08.